The Labute approximate surface area is 138 Å². The van der Waals surface area contributed by atoms with E-state index in [0.717, 1.165) is 5.56 Å². The Kier molecular flexibility index (Phi) is 4.20. The molecule has 6 nitrogen and oxygen atoms in total. The maximum absolute atomic E-state index is 12.7. The average Bonchev–Trinajstić information content (AvgIpc) is 2.61. The predicted octanol–water partition coefficient (Wildman–Crippen LogP) is 2.97. The lowest BCUT2D eigenvalue weighted by Crippen LogP contribution is -2.32. The molecule has 0 spiro atoms. The van der Waals surface area contributed by atoms with Crippen molar-refractivity contribution in [2.75, 3.05) is 0 Å². The molecule has 1 unspecified atom stereocenters. The zero-order valence-electron chi connectivity index (χ0n) is 12.6. The van der Waals surface area contributed by atoms with E-state index in [9.17, 15) is 19.7 Å². The van der Waals surface area contributed by atoms with Crippen LogP contribution < -0.4 is 5.32 Å². The molecule has 0 saturated heterocycles. The standard InChI is InChI=1S/C18H14N2O4/c21-17-11-13(10-15(19-17)12-6-2-1-3-7-12)18(22)14-8-4-5-9-16(14)20(23)24/h1-9,11,15H,10H2,(H,19,21). The predicted molar refractivity (Wildman–Crippen MR) is 87.5 cm³/mol. The van der Waals surface area contributed by atoms with Gasteiger partial charge in [0, 0.05) is 24.1 Å². The zero-order chi connectivity index (χ0) is 17.1. The molecule has 0 aliphatic carbocycles. The average molecular weight is 322 g/mol. The minimum atomic E-state index is -0.592. The third-order valence-electron chi connectivity index (χ3n) is 3.88. The molecule has 0 saturated carbocycles. The lowest BCUT2D eigenvalue weighted by molar-refractivity contribution is -0.385. The molecule has 0 bridgehead atoms. The van der Waals surface area contributed by atoms with Crippen LogP contribution in [0.2, 0.25) is 0 Å². The first-order valence-electron chi connectivity index (χ1n) is 7.40. The molecule has 1 heterocycles. The normalized spacial score (nSPS) is 16.9. The van der Waals surface area contributed by atoms with Gasteiger partial charge in [0.15, 0.2) is 5.78 Å². The van der Waals surface area contributed by atoms with Crippen molar-refractivity contribution in [2.24, 2.45) is 0 Å². The van der Waals surface area contributed by atoms with Gasteiger partial charge in [-0.1, -0.05) is 42.5 Å². The molecule has 1 amide bonds. The monoisotopic (exact) mass is 322 g/mol. The summed E-state index contributed by atoms with van der Waals surface area (Å²) in [5.41, 5.74) is 0.884. The highest BCUT2D eigenvalue weighted by molar-refractivity contribution is 6.14. The van der Waals surface area contributed by atoms with Crippen LogP contribution in [-0.4, -0.2) is 16.6 Å². The number of benzene rings is 2. The molecular weight excluding hydrogens is 308 g/mol. The lowest BCUT2D eigenvalue weighted by atomic mass is 9.90. The minimum absolute atomic E-state index is 0.00439. The van der Waals surface area contributed by atoms with Gasteiger partial charge in [0.05, 0.1) is 16.5 Å². The topological polar surface area (TPSA) is 89.3 Å². The Morgan fingerprint density at radius 3 is 2.46 bits per heavy atom. The number of rotatable bonds is 4. The molecular formula is C18H14N2O4. The van der Waals surface area contributed by atoms with E-state index >= 15 is 0 Å². The Hall–Kier alpha value is -3.28. The van der Waals surface area contributed by atoms with Crippen LogP contribution in [0.3, 0.4) is 0 Å². The number of nitro benzene ring substituents is 1. The van der Waals surface area contributed by atoms with Crippen LogP contribution >= 0.6 is 0 Å². The first kappa shape index (κ1) is 15.6. The SMILES string of the molecule is O=C1C=C(C(=O)c2ccccc2[N+](=O)[O-])CC(c2ccccc2)N1. The van der Waals surface area contributed by atoms with Gasteiger partial charge in [-0.15, -0.1) is 0 Å². The minimum Gasteiger partial charge on any atom is -0.345 e. The number of ketones is 1. The highest BCUT2D eigenvalue weighted by atomic mass is 16.6. The van der Waals surface area contributed by atoms with Crippen LogP contribution in [0.4, 0.5) is 5.69 Å². The van der Waals surface area contributed by atoms with E-state index in [1.54, 1.807) is 6.07 Å². The Bertz CT molecular complexity index is 843. The van der Waals surface area contributed by atoms with Crippen LogP contribution in [0.1, 0.15) is 28.4 Å². The molecule has 2 aromatic carbocycles. The molecule has 1 atom stereocenters. The summed E-state index contributed by atoms with van der Waals surface area (Å²) in [5, 5.41) is 13.9. The molecule has 1 N–H and O–H groups in total. The quantitative estimate of drug-likeness (QED) is 0.532. The molecule has 0 aromatic heterocycles. The molecule has 2 aromatic rings. The highest BCUT2D eigenvalue weighted by Gasteiger charge is 2.28. The zero-order valence-corrected chi connectivity index (χ0v) is 12.6. The number of hydrogen-bond acceptors (Lipinski definition) is 4. The van der Waals surface area contributed by atoms with Crippen molar-refractivity contribution in [1.82, 2.24) is 5.32 Å². The number of Topliss-reactive ketones (excluding diaryl/α,β-unsaturated/α-hetero) is 1. The Morgan fingerprint density at radius 2 is 1.75 bits per heavy atom. The maximum atomic E-state index is 12.7. The second-order valence-corrected chi connectivity index (χ2v) is 5.45. The van der Waals surface area contributed by atoms with E-state index in [4.69, 9.17) is 0 Å². The van der Waals surface area contributed by atoms with Crippen molar-refractivity contribution in [3.8, 4) is 0 Å². The summed E-state index contributed by atoms with van der Waals surface area (Å²) in [6, 6.07) is 14.7. The van der Waals surface area contributed by atoms with Crippen LogP contribution in [-0.2, 0) is 4.79 Å². The number of nitrogens with one attached hydrogen (secondary N) is 1. The van der Waals surface area contributed by atoms with Crippen molar-refractivity contribution >= 4 is 17.4 Å². The second kappa shape index (κ2) is 6.45. The van der Waals surface area contributed by atoms with Crippen LogP contribution in [0, 0.1) is 10.1 Å². The third-order valence-corrected chi connectivity index (χ3v) is 3.88. The van der Waals surface area contributed by atoms with Crippen molar-refractivity contribution in [3.63, 3.8) is 0 Å². The van der Waals surface area contributed by atoms with Crippen LogP contribution in [0.15, 0.2) is 66.2 Å². The van der Waals surface area contributed by atoms with Crippen molar-refractivity contribution < 1.29 is 14.5 Å². The van der Waals surface area contributed by atoms with Crippen molar-refractivity contribution in [3.05, 3.63) is 87.5 Å². The van der Waals surface area contributed by atoms with Gasteiger partial charge in [0.1, 0.15) is 0 Å². The fraction of sp³-hybridized carbons (Fsp3) is 0.111. The van der Waals surface area contributed by atoms with Crippen LogP contribution in [0.5, 0.6) is 0 Å². The van der Waals surface area contributed by atoms with Gasteiger partial charge < -0.3 is 5.32 Å². The van der Waals surface area contributed by atoms with E-state index in [0.29, 0.717) is 6.42 Å². The number of amides is 1. The fourth-order valence-corrected chi connectivity index (χ4v) is 2.74. The van der Waals surface area contributed by atoms with Gasteiger partial charge in [0.25, 0.3) is 5.69 Å². The van der Waals surface area contributed by atoms with Gasteiger partial charge in [-0.05, 0) is 11.6 Å². The first-order valence-corrected chi connectivity index (χ1v) is 7.40. The molecule has 3 rings (SSSR count). The van der Waals surface area contributed by atoms with E-state index in [-0.39, 0.29) is 28.8 Å². The molecule has 1 aliphatic heterocycles. The smallest absolute Gasteiger partial charge is 0.280 e. The summed E-state index contributed by atoms with van der Waals surface area (Å²) in [6.07, 6.45) is 1.51. The summed E-state index contributed by atoms with van der Waals surface area (Å²) in [4.78, 5) is 35.2. The third kappa shape index (κ3) is 3.08. The van der Waals surface area contributed by atoms with Gasteiger partial charge in [-0.25, -0.2) is 0 Å². The summed E-state index contributed by atoms with van der Waals surface area (Å²) in [7, 11) is 0. The molecule has 0 radical (unpaired) electrons. The molecule has 120 valence electrons. The molecule has 0 fully saturated rings. The fourth-order valence-electron chi connectivity index (χ4n) is 2.74. The maximum Gasteiger partial charge on any atom is 0.280 e. The van der Waals surface area contributed by atoms with Gasteiger partial charge in [-0.2, -0.15) is 0 Å². The van der Waals surface area contributed by atoms with Gasteiger partial charge >= 0.3 is 0 Å². The number of nitrogens with zero attached hydrogens (tertiary/aromatic N) is 1. The molecule has 1 aliphatic rings. The summed E-state index contributed by atoms with van der Waals surface area (Å²) in [5.74, 6) is -0.866. The van der Waals surface area contributed by atoms with E-state index in [1.165, 1.54) is 24.3 Å². The number of hydrogen-bond donors (Lipinski definition) is 1. The second-order valence-electron chi connectivity index (χ2n) is 5.45. The van der Waals surface area contributed by atoms with Crippen molar-refractivity contribution in [2.45, 2.75) is 12.5 Å². The summed E-state index contributed by atoms with van der Waals surface area (Å²) in [6.45, 7) is 0. The van der Waals surface area contributed by atoms with E-state index in [1.807, 2.05) is 30.3 Å². The number of carbonyl (C=O) groups is 2. The number of nitro groups is 1. The van der Waals surface area contributed by atoms with Gasteiger partial charge in [0.2, 0.25) is 5.91 Å². The van der Waals surface area contributed by atoms with Crippen molar-refractivity contribution in [1.29, 1.82) is 0 Å². The van der Waals surface area contributed by atoms with Gasteiger partial charge in [-0.3, -0.25) is 19.7 Å². The molecule has 24 heavy (non-hydrogen) atoms. The number of carbonyl (C=O) groups excluding carboxylic acids is 2. The lowest BCUT2D eigenvalue weighted by Gasteiger charge is -2.23. The Balaban J connectivity index is 1.93. The first-order chi connectivity index (χ1) is 11.6. The molecule has 6 heteroatoms. The number of para-hydroxylation sites is 1. The van der Waals surface area contributed by atoms with Crippen LogP contribution in [0.25, 0.3) is 0 Å². The summed E-state index contributed by atoms with van der Waals surface area (Å²) >= 11 is 0. The van der Waals surface area contributed by atoms with E-state index in [2.05, 4.69) is 5.32 Å². The largest absolute Gasteiger partial charge is 0.345 e. The van der Waals surface area contributed by atoms with E-state index < -0.39 is 10.7 Å². The Morgan fingerprint density at radius 1 is 1.08 bits per heavy atom. The summed E-state index contributed by atoms with van der Waals surface area (Å²) < 4.78 is 0. The highest BCUT2D eigenvalue weighted by Crippen LogP contribution is 2.29.